The van der Waals surface area contributed by atoms with Gasteiger partial charge < -0.3 is 15.2 Å². The number of hydrogen-bond donors (Lipinski definition) is 2. The Hall–Kier alpha value is -3.36. The van der Waals surface area contributed by atoms with E-state index < -0.39 is 0 Å². The number of benzene rings is 3. The number of amides is 2. The van der Waals surface area contributed by atoms with Crippen molar-refractivity contribution in [1.82, 2.24) is 20.1 Å². The van der Waals surface area contributed by atoms with Crippen LogP contribution >= 0.6 is 23.4 Å². The SMILES string of the molecule is CC(C)[C@@H](NC(=O)c1ccccc1Cl)c1nnc(SCC(=O)Nc2ccc3ccccc3c2)n1C. The molecule has 0 aliphatic heterocycles. The van der Waals surface area contributed by atoms with Crippen molar-refractivity contribution in [2.24, 2.45) is 13.0 Å². The Morgan fingerprint density at radius 3 is 2.46 bits per heavy atom. The standard InChI is InChI=1S/C26H26ClN5O2S/c1-16(2)23(29-25(34)20-10-6-7-11-21(20)27)24-30-31-26(32(24)3)35-15-22(33)28-19-13-12-17-8-4-5-9-18(17)14-19/h4-14,16,23H,15H2,1-3H3,(H,28,33)(H,29,34)/t23-/m1/s1. The van der Waals surface area contributed by atoms with E-state index in [1.54, 1.807) is 24.3 Å². The number of anilines is 1. The number of fused-ring (bicyclic) bond motifs is 1. The quantitative estimate of drug-likeness (QED) is 0.308. The number of hydrogen-bond acceptors (Lipinski definition) is 5. The largest absolute Gasteiger partial charge is 0.342 e. The zero-order valence-electron chi connectivity index (χ0n) is 19.7. The third kappa shape index (κ3) is 5.83. The molecule has 0 bridgehead atoms. The van der Waals surface area contributed by atoms with Gasteiger partial charge in [-0.3, -0.25) is 9.59 Å². The zero-order chi connectivity index (χ0) is 24.9. The Morgan fingerprint density at radius 2 is 1.71 bits per heavy atom. The lowest BCUT2D eigenvalue weighted by atomic mass is 10.0. The second-order valence-electron chi connectivity index (χ2n) is 8.47. The van der Waals surface area contributed by atoms with Crippen molar-refractivity contribution in [3.05, 3.63) is 83.1 Å². The Bertz CT molecular complexity index is 1370. The maximum atomic E-state index is 12.8. The lowest BCUT2D eigenvalue weighted by Crippen LogP contribution is -2.33. The van der Waals surface area contributed by atoms with Gasteiger partial charge in [0.2, 0.25) is 5.91 Å². The number of carbonyl (C=O) groups is 2. The van der Waals surface area contributed by atoms with Gasteiger partial charge in [0.1, 0.15) is 0 Å². The van der Waals surface area contributed by atoms with Gasteiger partial charge in [-0.25, -0.2) is 0 Å². The molecule has 2 amide bonds. The maximum absolute atomic E-state index is 12.8. The van der Waals surface area contributed by atoms with E-state index in [0.29, 0.717) is 21.6 Å². The Morgan fingerprint density at radius 1 is 1.00 bits per heavy atom. The number of halogens is 1. The van der Waals surface area contributed by atoms with Crippen LogP contribution in [0.5, 0.6) is 0 Å². The van der Waals surface area contributed by atoms with Crippen LogP contribution in [-0.2, 0) is 11.8 Å². The Labute approximate surface area is 213 Å². The topological polar surface area (TPSA) is 88.9 Å². The number of thioether (sulfide) groups is 1. The molecule has 0 saturated heterocycles. The molecule has 7 nitrogen and oxygen atoms in total. The molecule has 0 aliphatic rings. The van der Waals surface area contributed by atoms with Crippen molar-refractivity contribution >= 4 is 51.6 Å². The number of rotatable bonds is 8. The van der Waals surface area contributed by atoms with E-state index in [4.69, 9.17) is 11.6 Å². The van der Waals surface area contributed by atoms with Crippen LogP contribution in [0.1, 0.15) is 36.1 Å². The number of carbonyl (C=O) groups excluding carboxylic acids is 2. The molecule has 4 rings (SSSR count). The molecular weight excluding hydrogens is 482 g/mol. The molecule has 1 heterocycles. The van der Waals surface area contributed by atoms with Crippen LogP contribution in [0.3, 0.4) is 0 Å². The molecule has 1 atom stereocenters. The van der Waals surface area contributed by atoms with Gasteiger partial charge in [0.25, 0.3) is 5.91 Å². The minimum Gasteiger partial charge on any atom is -0.342 e. The van der Waals surface area contributed by atoms with Crippen LogP contribution in [-0.4, -0.2) is 32.3 Å². The Kier molecular flexibility index (Phi) is 7.73. The van der Waals surface area contributed by atoms with Crippen molar-refractivity contribution in [3.8, 4) is 0 Å². The lowest BCUT2D eigenvalue weighted by molar-refractivity contribution is -0.113. The lowest BCUT2D eigenvalue weighted by Gasteiger charge is -2.22. The summed E-state index contributed by atoms with van der Waals surface area (Å²) in [5.74, 6) is 0.427. The van der Waals surface area contributed by atoms with Crippen LogP contribution in [0.25, 0.3) is 10.8 Å². The summed E-state index contributed by atoms with van der Waals surface area (Å²) in [5.41, 5.74) is 1.15. The summed E-state index contributed by atoms with van der Waals surface area (Å²) in [6.45, 7) is 3.99. The van der Waals surface area contributed by atoms with E-state index in [1.807, 2.05) is 67.9 Å². The fraction of sp³-hybridized carbons (Fsp3) is 0.231. The minimum absolute atomic E-state index is 0.0541. The highest BCUT2D eigenvalue weighted by Gasteiger charge is 2.26. The van der Waals surface area contributed by atoms with Gasteiger partial charge in [-0.15, -0.1) is 10.2 Å². The Balaban J connectivity index is 1.41. The van der Waals surface area contributed by atoms with Gasteiger partial charge in [0, 0.05) is 12.7 Å². The molecule has 9 heteroatoms. The van der Waals surface area contributed by atoms with Gasteiger partial charge in [0.15, 0.2) is 11.0 Å². The smallest absolute Gasteiger partial charge is 0.253 e. The summed E-state index contributed by atoms with van der Waals surface area (Å²) in [6.07, 6.45) is 0. The highest BCUT2D eigenvalue weighted by molar-refractivity contribution is 7.99. The van der Waals surface area contributed by atoms with Crippen LogP contribution in [0, 0.1) is 5.92 Å². The van der Waals surface area contributed by atoms with E-state index >= 15 is 0 Å². The van der Waals surface area contributed by atoms with Crippen molar-refractivity contribution in [3.63, 3.8) is 0 Å². The molecule has 0 aliphatic carbocycles. The molecule has 4 aromatic rings. The van der Waals surface area contributed by atoms with Gasteiger partial charge >= 0.3 is 0 Å². The van der Waals surface area contributed by atoms with Gasteiger partial charge in [-0.1, -0.05) is 79.7 Å². The first-order valence-electron chi connectivity index (χ1n) is 11.2. The maximum Gasteiger partial charge on any atom is 0.253 e. The molecule has 0 unspecified atom stereocenters. The van der Waals surface area contributed by atoms with Gasteiger partial charge in [-0.05, 0) is 41.0 Å². The fourth-order valence-corrected chi connectivity index (χ4v) is 4.65. The fourth-order valence-electron chi connectivity index (χ4n) is 3.71. The first-order chi connectivity index (χ1) is 16.8. The molecule has 0 spiro atoms. The van der Waals surface area contributed by atoms with Crippen molar-refractivity contribution in [2.45, 2.75) is 25.0 Å². The second-order valence-corrected chi connectivity index (χ2v) is 9.82. The summed E-state index contributed by atoms with van der Waals surface area (Å²) in [6, 6.07) is 20.4. The predicted octanol–water partition coefficient (Wildman–Crippen LogP) is 5.48. The van der Waals surface area contributed by atoms with Crippen LogP contribution in [0.15, 0.2) is 71.9 Å². The number of aromatic nitrogens is 3. The van der Waals surface area contributed by atoms with Gasteiger partial charge in [0.05, 0.1) is 22.4 Å². The molecule has 1 aromatic heterocycles. The van der Waals surface area contributed by atoms with E-state index in [1.165, 1.54) is 11.8 Å². The van der Waals surface area contributed by atoms with E-state index in [2.05, 4.69) is 20.8 Å². The summed E-state index contributed by atoms with van der Waals surface area (Å²) in [7, 11) is 1.83. The first kappa shape index (κ1) is 24.8. The van der Waals surface area contributed by atoms with Crippen molar-refractivity contribution in [2.75, 3.05) is 11.1 Å². The zero-order valence-corrected chi connectivity index (χ0v) is 21.2. The van der Waals surface area contributed by atoms with Crippen LogP contribution in [0.4, 0.5) is 5.69 Å². The molecule has 180 valence electrons. The summed E-state index contributed by atoms with van der Waals surface area (Å²) < 4.78 is 1.81. The van der Waals surface area contributed by atoms with Crippen LogP contribution in [0.2, 0.25) is 5.02 Å². The van der Waals surface area contributed by atoms with Crippen molar-refractivity contribution in [1.29, 1.82) is 0 Å². The average molecular weight is 508 g/mol. The molecule has 3 aromatic carbocycles. The third-order valence-electron chi connectivity index (χ3n) is 5.58. The van der Waals surface area contributed by atoms with E-state index in [0.717, 1.165) is 16.5 Å². The minimum atomic E-state index is -0.378. The summed E-state index contributed by atoms with van der Waals surface area (Å²) in [4.78, 5) is 25.4. The molecule has 2 N–H and O–H groups in total. The van der Waals surface area contributed by atoms with Gasteiger partial charge in [-0.2, -0.15) is 0 Å². The third-order valence-corrected chi connectivity index (χ3v) is 6.93. The highest BCUT2D eigenvalue weighted by Crippen LogP contribution is 2.26. The predicted molar refractivity (Wildman–Crippen MR) is 141 cm³/mol. The average Bonchev–Trinajstić information content (AvgIpc) is 3.20. The molecular formula is C26H26ClN5O2S. The summed E-state index contributed by atoms with van der Waals surface area (Å²) in [5, 5.41) is 17.7. The molecule has 0 saturated carbocycles. The van der Waals surface area contributed by atoms with Crippen molar-refractivity contribution < 1.29 is 9.59 Å². The van der Waals surface area contributed by atoms with E-state index in [-0.39, 0.29) is 29.5 Å². The molecule has 0 fully saturated rings. The highest BCUT2D eigenvalue weighted by atomic mass is 35.5. The summed E-state index contributed by atoms with van der Waals surface area (Å²) >= 11 is 7.48. The van der Waals surface area contributed by atoms with Crippen LogP contribution < -0.4 is 10.6 Å². The number of nitrogens with one attached hydrogen (secondary N) is 2. The molecule has 35 heavy (non-hydrogen) atoms. The molecule has 0 radical (unpaired) electrons. The van der Waals surface area contributed by atoms with E-state index in [9.17, 15) is 9.59 Å². The number of nitrogens with zero attached hydrogens (tertiary/aromatic N) is 3. The second kappa shape index (κ2) is 10.9. The normalized spacial score (nSPS) is 12.0. The monoisotopic (exact) mass is 507 g/mol. The first-order valence-corrected chi connectivity index (χ1v) is 12.6.